The summed E-state index contributed by atoms with van der Waals surface area (Å²) in [5, 5.41) is 2.90. The van der Waals surface area contributed by atoms with E-state index >= 15 is 0 Å². The zero-order chi connectivity index (χ0) is 20.6. The molecule has 0 aliphatic rings. The third-order valence-corrected chi connectivity index (χ3v) is 6.46. The highest BCUT2D eigenvalue weighted by Gasteiger charge is 2.18. The van der Waals surface area contributed by atoms with Crippen molar-refractivity contribution < 1.29 is 13.2 Å². The molecule has 0 aliphatic heterocycles. The lowest BCUT2D eigenvalue weighted by Gasteiger charge is -2.24. The molecule has 28 heavy (non-hydrogen) atoms. The minimum absolute atomic E-state index is 0.0530. The molecule has 0 heterocycles. The maximum absolute atomic E-state index is 12.1. The van der Waals surface area contributed by atoms with Crippen LogP contribution >= 0.6 is 11.8 Å². The fourth-order valence-electron chi connectivity index (χ4n) is 2.77. The first-order valence-corrected chi connectivity index (χ1v) is 12.1. The lowest BCUT2D eigenvalue weighted by Crippen LogP contribution is -2.33. The average Bonchev–Trinajstić information content (AvgIpc) is 2.64. The van der Waals surface area contributed by atoms with Crippen molar-refractivity contribution in [3.8, 4) is 0 Å². The maximum Gasteiger partial charge on any atom is 0.232 e. The standard InChI is InChI=1S/C21H28N2O3S2/c1-17-10-12-19(13-11-17)27-16-14-22-21(24)9-6-15-23(28(3,25)26)20-8-5-4-7-18(20)2/h4-5,7-8,10-13H,6,9,14-16H2,1-3H3,(H,22,24). The Morgan fingerprint density at radius 3 is 2.39 bits per heavy atom. The Bertz CT molecular complexity index is 881. The molecule has 152 valence electrons. The van der Waals surface area contributed by atoms with Gasteiger partial charge in [0.1, 0.15) is 0 Å². The number of aryl methyl sites for hydroxylation is 2. The van der Waals surface area contributed by atoms with E-state index in [2.05, 4.69) is 36.5 Å². The maximum atomic E-state index is 12.1. The minimum Gasteiger partial charge on any atom is -0.355 e. The first-order valence-electron chi connectivity index (χ1n) is 9.27. The highest BCUT2D eigenvalue weighted by atomic mass is 32.2. The van der Waals surface area contributed by atoms with Crippen molar-refractivity contribution in [1.29, 1.82) is 0 Å². The predicted octanol–water partition coefficient (Wildman–Crippen LogP) is 3.76. The molecule has 0 atom stereocenters. The van der Waals surface area contributed by atoms with E-state index < -0.39 is 10.0 Å². The second kappa shape index (κ2) is 10.5. The largest absolute Gasteiger partial charge is 0.355 e. The number of amides is 1. The van der Waals surface area contributed by atoms with Crippen LogP contribution in [0.15, 0.2) is 53.4 Å². The molecule has 0 saturated heterocycles. The molecular weight excluding hydrogens is 392 g/mol. The molecule has 1 amide bonds. The van der Waals surface area contributed by atoms with Gasteiger partial charge in [-0.15, -0.1) is 11.8 Å². The molecule has 2 aromatic carbocycles. The van der Waals surface area contributed by atoms with Gasteiger partial charge in [0.15, 0.2) is 0 Å². The molecule has 2 rings (SSSR count). The van der Waals surface area contributed by atoms with E-state index in [9.17, 15) is 13.2 Å². The lowest BCUT2D eigenvalue weighted by atomic mass is 10.2. The zero-order valence-corrected chi connectivity index (χ0v) is 18.3. The number of para-hydroxylation sites is 1. The summed E-state index contributed by atoms with van der Waals surface area (Å²) in [5.41, 5.74) is 2.79. The predicted molar refractivity (Wildman–Crippen MR) is 118 cm³/mol. The van der Waals surface area contributed by atoms with Crippen LogP contribution in [0.25, 0.3) is 0 Å². The van der Waals surface area contributed by atoms with Gasteiger partial charge in [0, 0.05) is 30.2 Å². The van der Waals surface area contributed by atoms with E-state index in [-0.39, 0.29) is 12.5 Å². The number of nitrogens with zero attached hydrogens (tertiary/aromatic N) is 1. The summed E-state index contributed by atoms with van der Waals surface area (Å²) >= 11 is 1.70. The highest BCUT2D eigenvalue weighted by molar-refractivity contribution is 7.99. The Morgan fingerprint density at radius 2 is 1.75 bits per heavy atom. The summed E-state index contributed by atoms with van der Waals surface area (Å²) in [6.07, 6.45) is 1.97. The lowest BCUT2D eigenvalue weighted by molar-refractivity contribution is -0.121. The number of benzene rings is 2. The van der Waals surface area contributed by atoms with Crippen molar-refractivity contribution in [3.63, 3.8) is 0 Å². The van der Waals surface area contributed by atoms with E-state index in [1.807, 2.05) is 25.1 Å². The monoisotopic (exact) mass is 420 g/mol. The van der Waals surface area contributed by atoms with Gasteiger partial charge in [0.05, 0.1) is 11.9 Å². The van der Waals surface area contributed by atoms with Crippen LogP contribution in [0.4, 0.5) is 5.69 Å². The summed E-state index contributed by atoms with van der Waals surface area (Å²) in [4.78, 5) is 13.2. The zero-order valence-electron chi connectivity index (χ0n) is 16.6. The van der Waals surface area contributed by atoms with Crippen molar-refractivity contribution >= 4 is 33.4 Å². The SMILES string of the molecule is Cc1ccc(SCCNC(=O)CCCN(c2ccccc2C)S(C)(=O)=O)cc1. The van der Waals surface area contributed by atoms with Gasteiger partial charge < -0.3 is 5.32 Å². The summed E-state index contributed by atoms with van der Waals surface area (Å²) in [7, 11) is -3.39. The Labute approximate surface area is 172 Å². The number of sulfonamides is 1. The number of carbonyl (C=O) groups excluding carboxylic acids is 1. The summed E-state index contributed by atoms with van der Waals surface area (Å²) < 4.78 is 25.7. The Balaban J connectivity index is 1.75. The second-order valence-corrected chi connectivity index (χ2v) is 9.81. The topological polar surface area (TPSA) is 66.5 Å². The molecule has 0 unspecified atom stereocenters. The van der Waals surface area contributed by atoms with Crippen LogP contribution in [-0.2, 0) is 14.8 Å². The van der Waals surface area contributed by atoms with E-state index in [0.29, 0.717) is 25.1 Å². The van der Waals surface area contributed by atoms with Crippen LogP contribution in [0.1, 0.15) is 24.0 Å². The van der Waals surface area contributed by atoms with E-state index in [1.165, 1.54) is 21.0 Å². The molecule has 0 aromatic heterocycles. The van der Waals surface area contributed by atoms with Gasteiger partial charge in [-0.25, -0.2) is 8.42 Å². The third kappa shape index (κ3) is 7.20. The Kier molecular flexibility index (Phi) is 8.38. The molecule has 0 bridgehead atoms. The van der Waals surface area contributed by atoms with Crippen molar-refractivity contribution in [2.75, 3.05) is 29.4 Å². The molecule has 0 radical (unpaired) electrons. The normalized spacial score (nSPS) is 11.2. The molecule has 0 spiro atoms. The van der Waals surface area contributed by atoms with E-state index in [0.717, 1.165) is 11.3 Å². The fourth-order valence-corrected chi connectivity index (χ4v) is 4.56. The van der Waals surface area contributed by atoms with Gasteiger partial charge >= 0.3 is 0 Å². The molecule has 0 saturated carbocycles. The molecule has 0 fully saturated rings. The molecule has 0 aliphatic carbocycles. The quantitative estimate of drug-likeness (QED) is 0.469. The van der Waals surface area contributed by atoms with Crippen LogP contribution < -0.4 is 9.62 Å². The molecular formula is C21H28N2O3S2. The summed E-state index contributed by atoms with van der Waals surface area (Å²) in [6.45, 7) is 4.81. The second-order valence-electron chi connectivity index (χ2n) is 6.74. The van der Waals surface area contributed by atoms with Crippen molar-refractivity contribution in [1.82, 2.24) is 5.32 Å². The van der Waals surface area contributed by atoms with E-state index in [1.54, 1.807) is 17.8 Å². The Morgan fingerprint density at radius 1 is 1.07 bits per heavy atom. The number of hydrogen-bond acceptors (Lipinski definition) is 4. The van der Waals surface area contributed by atoms with Gasteiger partial charge in [0.25, 0.3) is 0 Å². The van der Waals surface area contributed by atoms with Crippen molar-refractivity contribution in [2.45, 2.75) is 31.6 Å². The number of carbonyl (C=O) groups is 1. The number of anilines is 1. The van der Waals surface area contributed by atoms with Gasteiger partial charge in [0.2, 0.25) is 15.9 Å². The number of nitrogens with one attached hydrogen (secondary N) is 1. The third-order valence-electron chi connectivity index (χ3n) is 4.26. The minimum atomic E-state index is -3.39. The van der Waals surface area contributed by atoms with Crippen molar-refractivity contribution in [2.24, 2.45) is 0 Å². The van der Waals surface area contributed by atoms with Gasteiger partial charge in [-0.3, -0.25) is 9.10 Å². The summed E-state index contributed by atoms with van der Waals surface area (Å²) in [6, 6.07) is 15.7. The first-order chi connectivity index (χ1) is 13.3. The fraction of sp³-hybridized carbons (Fsp3) is 0.381. The van der Waals surface area contributed by atoms with Crippen molar-refractivity contribution in [3.05, 3.63) is 59.7 Å². The number of thioether (sulfide) groups is 1. The Hall–Kier alpha value is -1.99. The van der Waals surface area contributed by atoms with Crippen LogP contribution in [-0.4, -0.2) is 39.4 Å². The van der Waals surface area contributed by atoms with Crippen LogP contribution in [0.2, 0.25) is 0 Å². The number of hydrogen-bond donors (Lipinski definition) is 1. The van der Waals surface area contributed by atoms with E-state index in [4.69, 9.17) is 0 Å². The molecule has 1 N–H and O–H groups in total. The van der Waals surface area contributed by atoms with Gasteiger partial charge in [-0.1, -0.05) is 35.9 Å². The number of rotatable bonds is 10. The van der Waals surface area contributed by atoms with Crippen LogP contribution in [0.3, 0.4) is 0 Å². The highest BCUT2D eigenvalue weighted by Crippen LogP contribution is 2.22. The molecule has 7 heteroatoms. The first kappa shape index (κ1) is 22.3. The molecule has 2 aromatic rings. The smallest absolute Gasteiger partial charge is 0.232 e. The van der Waals surface area contributed by atoms with Crippen LogP contribution in [0.5, 0.6) is 0 Å². The van der Waals surface area contributed by atoms with Crippen LogP contribution in [0, 0.1) is 13.8 Å². The average molecular weight is 421 g/mol. The molecule has 5 nitrogen and oxygen atoms in total. The summed E-state index contributed by atoms with van der Waals surface area (Å²) in [5.74, 6) is 0.746. The van der Waals surface area contributed by atoms with Gasteiger partial charge in [-0.2, -0.15) is 0 Å². The van der Waals surface area contributed by atoms with Gasteiger partial charge in [-0.05, 0) is 44.0 Å².